The van der Waals surface area contributed by atoms with Gasteiger partial charge in [0.05, 0.1) is 13.2 Å². The Hall–Kier alpha value is -1.13. The third kappa shape index (κ3) is 2.15. The second kappa shape index (κ2) is 4.63. The van der Waals surface area contributed by atoms with Crippen LogP contribution in [0.4, 0.5) is 0 Å². The van der Waals surface area contributed by atoms with Crippen LogP contribution >= 0.6 is 0 Å². The predicted octanol–water partition coefficient (Wildman–Crippen LogP) is 1.20. The van der Waals surface area contributed by atoms with E-state index < -0.39 is 0 Å². The molecular weight excluding hydrogens is 216 g/mol. The smallest absolute Gasteiger partial charge is 0.218 e. The van der Waals surface area contributed by atoms with Crippen molar-refractivity contribution in [2.45, 2.75) is 38.3 Å². The van der Waals surface area contributed by atoms with Crippen molar-refractivity contribution in [3.63, 3.8) is 0 Å². The zero-order valence-electron chi connectivity index (χ0n) is 9.95. The first-order valence-electron chi connectivity index (χ1n) is 6.33. The van der Waals surface area contributed by atoms with Crippen LogP contribution in [-0.2, 0) is 24.1 Å². The summed E-state index contributed by atoms with van der Waals surface area (Å²) < 4.78 is 11.2. The van der Waals surface area contributed by atoms with E-state index in [4.69, 9.17) is 15.2 Å². The molecule has 0 radical (unpaired) electrons. The summed E-state index contributed by atoms with van der Waals surface area (Å²) in [6.07, 6.45) is 4.48. The summed E-state index contributed by atoms with van der Waals surface area (Å²) in [5.41, 5.74) is 9.33. The van der Waals surface area contributed by atoms with Crippen LogP contribution in [0.2, 0.25) is 0 Å². The van der Waals surface area contributed by atoms with Crippen molar-refractivity contribution in [3.8, 4) is 5.88 Å². The molecule has 2 aliphatic rings. The summed E-state index contributed by atoms with van der Waals surface area (Å²) in [5.74, 6) is 0.726. The SMILES string of the molecule is NCc1cc2c(nc1OC1CCOC1)CCC2. The zero-order chi connectivity index (χ0) is 11.7. The number of nitrogens with zero attached hydrogens (tertiary/aromatic N) is 1. The summed E-state index contributed by atoms with van der Waals surface area (Å²) >= 11 is 0. The first-order valence-corrected chi connectivity index (χ1v) is 6.33. The lowest BCUT2D eigenvalue weighted by atomic mass is 10.1. The molecule has 1 unspecified atom stereocenters. The van der Waals surface area contributed by atoms with Crippen LogP contribution in [0, 0.1) is 0 Å². The van der Waals surface area contributed by atoms with Gasteiger partial charge < -0.3 is 15.2 Å². The average molecular weight is 234 g/mol. The highest BCUT2D eigenvalue weighted by Crippen LogP contribution is 2.27. The molecule has 92 valence electrons. The fraction of sp³-hybridized carbons (Fsp3) is 0.615. The molecule has 1 atom stereocenters. The van der Waals surface area contributed by atoms with Gasteiger partial charge in [-0.15, -0.1) is 0 Å². The van der Waals surface area contributed by atoms with Crippen molar-refractivity contribution < 1.29 is 9.47 Å². The first-order chi connectivity index (χ1) is 8.36. The number of pyridine rings is 1. The summed E-state index contributed by atoms with van der Waals surface area (Å²) in [6, 6.07) is 2.17. The average Bonchev–Trinajstić information content (AvgIpc) is 2.98. The van der Waals surface area contributed by atoms with Crippen LogP contribution in [0.3, 0.4) is 0 Å². The first kappa shape index (κ1) is 11.0. The molecule has 4 heteroatoms. The monoisotopic (exact) mass is 234 g/mol. The molecule has 17 heavy (non-hydrogen) atoms. The lowest BCUT2D eigenvalue weighted by molar-refractivity contribution is 0.137. The fourth-order valence-electron chi connectivity index (χ4n) is 2.51. The van der Waals surface area contributed by atoms with Gasteiger partial charge in [0.2, 0.25) is 5.88 Å². The molecule has 1 fully saturated rings. The normalized spacial score (nSPS) is 22.8. The minimum atomic E-state index is 0.146. The van der Waals surface area contributed by atoms with Gasteiger partial charge in [0.15, 0.2) is 0 Å². The Morgan fingerprint density at radius 1 is 1.47 bits per heavy atom. The van der Waals surface area contributed by atoms with Crippen LogP contribution in [0.1, 0.15) is 29.7 Å². The van der Waals surface area contributed by atoms with Gasteiger partial charge in [-0.05, 0) is 30.9 Å². The molecule has 3 rings (SSSR count). The van der Waals surface area contributed by atoms with E-state index in [1.54, 1.807) is 0 Å². The summed E-state index contributed by atoms with van der Waals surface area (Å²) in [7, 11) is 0. The standard InChI is InChI=1S/C13H18N2O2/c14-7-10-6-9-2-1-3-12(9)15-13(10)17-11-4-5-16-8-11/h6,11H,1-5,7-8,14H2. The van der Waals surface area contributed by atoms with Gasteiger partial charge in [-0.1, -0.05) is 0 Å². The van der Waals surface area contributed by atoms with Crippen molar-refractivity contribution in [3.05, 3.63) is 22.9 Å². The van der Waals surface area contributed by atoms with Crippen LogP contribution in [0.5, 0.6) is 5.88 Å². The van der Waals surface area contributed by atoms with Crippen LogP contribution in [0.25, 0.3) is 0 Å². The fourth-order valence-corrected chi connectivity index (χ4v) is 2.51. The Labute approximate surface area is 101 Å². The van der Waals surface area contributed by atoms with Crippen molar-refractivity contribution in [1.29, 1.82) is 0 Å². The molecule has 2 N–H and O–H groups in total. The number of hydrogen-bond donors (Lipinski definition) is 1. The molecule has 0 aromatic carbocycles. The Balaban J connectivity index is 1.86. The van der Waals surface area contributed by atoms with Crippen LogP contribution in [0.15, 0.2) is 6.07 Å². The van der Waals surface area contributed by atoms with Crippen molar-refractivity contribution in [2.75, 3.05) is 13.2 Å². The molecule has 1 aromatic rings. The van der Waals surface area contributed by atoms with E-state index in [-0.39, 0.29) is 6.10 Å². The number of rotatable bonds is 3. The second-order valence-electron chi connectivity index (χ2n) is 4.72. The lowest BCUT2D eigenvalue weighted by Gasteiger charge is -2.15. The number of fused-ring (bicyclic) bond motifs is 1. The van der Waals surface area contributed by atoms with Crippen LogP contribution < -0.4 is 10.5 Å². The number of nitrogens with two attached hydrogens (primary N) is 1. The molecular formula is C13H18N2O2. The maximum Gasteiger partial charge on any atom is 0.218 e. The Bertz CT molecular complexity index is 414. The largest absolute Gasteiger partial charge is 0.472 e. The molecule has 0 saturated carbocycles. The highest BCUT2D eigenvalue weighted by atomic mass is 16.5. The molecule has 0 amide bonds. The predicted molar refractivity (Wildman–Crippen MR) is 64.0 cm³/mol. The van der Waals surface area contributed by atoms with E-state index in [9.17, 15) is 0 Å². The van der Waals surface area contributed by atoms with E-state index >= 15 is 0 Å². The third-order valence-corrected chi connectivity index (χ3v) is 3.48. The second-order valence-corrected chi connectivity index (χ2v) is 4.72. The molecule has 1 aliphatic heterocycles. The van der Waals surface area contributed by atoms with Crippen molar-refractivity contribution in [2.24, 2.45) is 5.73 Å². The van der Waals surface area contributed by atoms with Gasteiger partial charge in [0, 0.05) is 24.2 Å². The number of hydrogen-bond acceptors (Lipinski definition) is 4. The molecule has 0 spiro atoms. The van der Waals surface area contributed by atoms with Gasteiger partial charge in [0.1, 0.15) is 6.10 Å². The van der Waals surface area contributed by atoms with Gasteiger partial charge >= 0.3 is 0 Å². The maximum atomic E-state index is 5.91. The maximum absolute atomic E-state index is 5.91. The highest BCUT2D eigenvalue weighted by molar-refractivity contribution is 5.36. The van der Waals surface area contributed by atoms with E-state index in [0.717, 1.165) is 37.3 Å². The van der Waals surface area contributed by atoms with Gasteiger partial charge in [0.25, 0.3) is 0 Å². The van der Waals surface area contributed by atoms with E-state index in [1.165, 1.54) is 17.7 Å². The Morgan fingerprint density at radius 2 is 2.41 bits per heavy atom. The molecule has 1 saturated heterocycles. The summed E-state index contributed by atoms with van der Waals surface area (Å²) in [5, 5.41) is 0. The topological polar surface area (TPSA) is 57.4 Å². The minimum absolute atomic E-state index is 0.146. The van der Waals surface area contributed by atoms with E-state index in [1.807, 2.05) is 0 Å². The Morgan fingerprint density at radius 3 is 3.18 bits per heavy atom. The van der Waals surface area contributed by atoms with Crippen molar-refractivity contribution in [1.82, 2.24) is 4.98 Å². The summed E-state index contributed by atoms with van der Waals surface area (Å²) in [4.78, 5) is 4.63. The number of aromatic nitrogens is 1. The van der Waals surface area contributed by atoms with Gasteiger partial charge in [-0.25, -0.2) is 4.98 Å². The van der Waals surface area contributed by atoms with Crippen molar-refractivity contribution >= 4 is 0 Å². The van der Waals surface area contributed by atoms with E-state index in [2.05, 4.69) is 11.1 Å². The third-order valence-electron chi connectivity index (χ3n) is 3.48. The molecule has 4 nitrogen and oxygen atoms in total. The highest BCUT2D eigenvalue weighted by Gasteiger charge is 2.21. The lowest BCUT2D eigenvalue weighted by Crippen LogP contribution is -2.18. The minimum Gasteiger partial charge on any atom is -0.472 e. The Kier molecular flexibility index (Phi) is 2.99. The molecule has 1 aliphatic carbocycles. The number of ether oxygens (including phenoxy) is 2. The van der Waals surface area contributed by atoms with E-state index in [0.29, 0.717) is 13.2 Å². The van der Waals surface area contributed by atoms with Crippen LogP contribution in [-0.4, -0.2) is 24.3 Å². The quantitative estimate of drug-likeness (QED) is 0.853. The zero-order valence-corrected chi connectivity index (χ0v) is 9.95. The van der Waals surface area contributed by atoms with Gasteiger partial charge in [-0.3, -0.25) is 0 Å². The number of aryl methyl sites for hydroxylation is 2. The molecule has 1 aromatic heterocycles. The molecule has 2 heterocycles. The molecule has 0 bridgehead atoms. The summed E-state index contributed by atoms with van der Waals surface area (Å²) in [6.45, 7) is 1.94. The van der Waals surface area contributed by atoms with Gasteiger partial charge in [-0.2, -0.15) is 0 Å².